The molecule has 1 aromatic rings. The van der Waals surface area contributed by atoms with Gasteiger partial charge in [-0.05, 0) is 32.4 Å². The van der Waals surface area contributed by atoms with Crippen molar-refractivity contribution in [2.24, 2.45) is 0 Å². The highest BCUT2D eigenvalue weighted by molar-refractivity contribution is 7.99. The van der Waals surface area contributed by atoms with Crippen LogP contribution in [0.15, 0.2) is 23.4 Å². The molecule has 5 heteroatoms. The summed E-state index contributed by atoms with van der Waals surface area (Å²) in [5, 5.41) is 22.2. The second-order valence-corrected chi connectivity index (χ2v) is 6.30. The molecule has 0 fully saturated rings. The van der Waals surface area contributed by atoms with Gasteiger partial charge in [0.25, 0.3) is 0 Å². The summed E-state index contributed by atoms with van der Waals surface area (Å²) in [4.78, 5) is 4.32. The van der Waals surface area contributed by atoms with Gasteiger partial charge in [0.2, 0.25) is 0 Å². The molecule has 102 valence electrons. The molecule has 0 bridgehead atoms. The molecule has 1 heterocycles. The molecular formula is C13H22N2O2S. The fourth-order valence-electron chi connectivity index (χ4n) is 1.20. The summed E-state index contributed by atoms with van der Waals surface area (Å²) in [6, 6.07) is 3.97. The van der Waals surface area contributed by atoms with Crippen molar-refractivity contribution in [2.45, 2.75) is 44.0 Å². The molecule has 0 amide bonds. The fraction of sp³-hybridized carbons (Fsp3) is 0.615. The van der Waals surface area contributed by atoms with Crippen molar-refractivity contribution >= 4 is 11.8 Å². The topological polar surface area (TPSA) is 65.4 Å². The maximum atomic E-state index is 9.24. The average molecular weight is 270 g/mol. The highest BCUT2D eigenvalue weighted by atomic mass is 32.2. The number of pyridine rings is 1. The van der Waals surface area contributed by atoms with Crippen molar-refractivity contribution in [3.05, 3.63) is 23.9 Å². The van der Waals surface area contributed by atoms with E-state index in [1.54, 1.807) is 0 Å². The van der Waals surface area contributed by atoms with Gasteiger partial charge in [-0.2, -0.15) is 0 Å². The van der Waals surface area contributed by atoms with Crippen LogP contribution in [0.4, 0.5) is 0 Å². The van der Waals surface area contributed by atoms with Crippen LogP contribution < -0.4 is 5.32 Å². The predicted molar refractivity (Wildman–Crippen MR) is 74.6 cm³/mol. The molecule has 18 heavy (non-hydrogen) atoms. The lowest BCUT2D eigenvalue weighted by Gasteiger charge is -2.20. The number of nitrogens with one attached hydrogen (secondary N) is 1. The van der Waals surface area contributed by atoms with Crippen molar-refractivity contribution in [2.75, 3.05) is 12.4 Å². The van der Waals surface area contributed by atoms with Crippen LogP contribution in [0, 0.1) is 0 Å². The minimum absolute atomic E-state index is 0.0959. The van der Waals surface area contributed by atoms with E-state index in [1.165, 1.54) is 11.8 Å². The molecule has 0 aliphatic heterocycles. The first-order valence-electron chi connectivity index (χ1n) is 6.02. The number of aliphatic hydroxyl groups excluding tert-OH is 2. The molecule has 1 unspecified atom stereocenters. The third kappa shape index (κ3) is 6.35. The van der Waals surface area contributed by atoms with E-state index in [9.17, 15) is 5.11 Å². The Balaban J connectivity index is 2.42. The zero-order valence-electron chi connectivity index (χ0n) is 11.2. The highest BCUT2D eigenvalue weighted by Crippen LogP contribution is 2.16. The molecule has 0 spiro atoms. The van der Waals surface area contributed by atoms with Crippen LogP contribution in [0.3, 0.4) is 0 Å². The van der Waals surface area contributed by atoms with Crippen LogP contribution in [-0.4, -0.2) is 39.2 Å². The van der Waals surface area contributed by atoms with Gasteiger partial charge < -0.3 is 15.5 Å². The fourth-order valence-corrected chi connectivity index (χ4v) is 1.96. The number of hydrogen-bond acceptors (Lipinski definition) is 5. The normalized spacial score (nSPS) is 13.6. The Morgan fingerprint density at radius 2 is 2.11 bits per heavy atom. The quantitative estimate of drug-likeness (QED) is 0.682. The average Bonchev–Trinajstić information content (AvgIpc) is 2.33. The zero-order chi connectivity index (χ0) is 13.6. The summed E-state index contributed by atoms with van der Waals surface area (Å²) >= 11 is 1.44. The lowest BCUT2D eigenvalue weighted by Crippen LogP contribution is -2.35. The standard InChI is InChI=1S/C13H22N2O2S/c1-13(2,3)15-7-10-4-5-12(14-6-10)18-9-11(17)8-16/h4-6,11,15-17H,7-9H2,1-3H3. The third-order valence-corrected chi connectivity index (χ3v) is 3.34. The van der Waals surface area contributed by atoms with Gasteiger partial charge in [-0.15, -0.1) is 11.8 Å². The van der Waals surface area contributed by atoms with Crippen molar-refractivity contribution < 1.29 is 10.2 Å². The molecule has 1 atom stereocenters. The first-order valence-corrected chi connectivity index (χ1v) is 7.01. The van der Waals surface area contributed by atoms with E-state index in [2.05, 4.69) is 31.1 Å². The van der Waals surface area contributed by atoms with Crippen LogP contribution in [0.25, 0.3) is 0 Å². The van der Waals surface area contributed by atoms with Crippen LogP contribution in [0.5, 0.6) is 0 Å². The van der Waals surface area contributed by atoms with Gasteiger partial charge in [0, 0.05) is 24.0 Å². The summed E-state index contributed by atoms with van der Waals surface area (Å²) in [7, 11) is 0. The van der Waals surface area contributed by atoms with E-state index in [-0.39, 0.29) is 12.1 Å². The van der Waals surface area contributed by atoms with E-state index in [0.717, 1.165) is 17.1 Å². The van der Waals surface area contributed by atoms with E-state index < -0.39 is 6.10 Å². The van der Waals surface area contributed by atoms with Gasteiger partial charge in [0.1, 0.15) is 0 Å². The summed E-state index contributed by atoms with van der Waals surface area (Å²) in [5.74, 6) is 0.461. The van der Waals surface area contributed by atoms with Crippen molar-refractivity contribution in [3.63, 3.8) is 0 Å². The molecule has 1 aromatic heterocycles. The Hall–Kier alpha value is -0.620. The van der Waals surface area contributed by atoms with E-state index >= 15 is 0 Å². The summed E-state index contributed by atoms with van der Waals surface area (Å²) < 4.78 is 0. The smallest absolute Gasteiger partial charge is 0.0960 e. The first kappa shape index (κ1) is 15.4. The maximum absolute atomic E-state index is 9.24. The lowest BCUT2D eigenvalue weighted by atomic mass is 10.1. The van der Waals surface area contributed by atoms with Crippen LogP contribution in [0.1, 0.15) is 26.3 Å². The first-order chi connectivity index (χ1) is 8.40. The predicted octanol–water partition coefficient (Wildman–Crippen LogP) is 1.41. The molecule has 4 nitrogen and oxygen atoms in total. The largest absolute Gasteiger partial charge is 0.394 e. The Morgan fingerprint density at radius 3 is 2.61 bits per heavy atom. The minimum atomic E-state index is -0.681. The SMILES string of the molecule is CC(C)(C)NCc1ccc(SCC(O)CO)nc1. The van der Waals surface area contributed by atoms with E-state index in [1.807, 2.05) is 18.3 Å². The van der Waals surface area contributed by atoms with Gasteiger partial charge >= 0.3 is 0 Å². The van der Waals surface area contributed by atoms with Gasteiger partial charge in [-0.1, -0.05) is 6.07 Å². The number of rotatable bonds is 6. The Bertz CT molecular complexity index is 349. The third-order valence-electron chi connectivity index (χ3n) is 2.25. The Morgan fingerprint density at radius 1 is 1.39 bits per heavy atom. The number of hydrogen-bond donors (Lipinski definition) is 3. The number of thioether (sulfide) groups is 1. The summed E-state index contributed by atoms with van der Waals surface area (Å²) in [6.45, 7) is 6.96. The van der Waals surface area contributed by atoms with Crippen LogP contribution >= 0.6 is 11.8 Å². The minimum Gasteiger partial charge on any atom is -0.394 e. The summed E-state index contributed by atoms with van der Waals surface area (Å²) in [5.41, 5.74) is 1.23. The number of aliphatic hydroxyl groups is 2. The second-order valence-electron chi connectivity index (χ2n) is 5.26. The molecular weight excluding hydrogens is 248 g/mol. The maximum Gasteiger partial charge on any atom is 0.0960 e. The van der Waals surface area contributed by atoms with Crippen LogP contribution in [-0.2, 0) is 6.54 Å². The molecule has 0 aromatic carbocycles. The molecule has 0 aliphatic rings. The molecule has 0 radical (unpaired) electrons. The molecule has 0 aliphatic carbocycles. The van der Waals surface area contributed by atoms with Crippen LogP contribution in [0.2, 0.25) is 0 Å². The molecule has 0 saturated carbocycles. The van der Waals surface area contributed by atoms with Gasteiger partial charge in [0.05, 0.1) is 17.7 Å². The monoisotopic (exact) mass is 270 g/mol. The molecule has 0 saturated heterocycles. The van der Waals surface area contributed by atoms with E-state index in [0.29, 0.717) is 5.75 Å². The van der Waals surface area contributed by atoms with E-state index in [4.69, 9.17) is 5.11 Å². The number of aromatic nitrogens is 1. The zero-order valence-corrected chi connectivity index (χ0v) is 12.0. The molecule has 3 N–H and O–H groups in total. The van der Waals surface area contributed by atoms with Crippen molar-refractivity contribution in [1.82, 2.24) is 10.3 Å². The lowest BCUT2D eigenvalue weighted by molar-refractivity contribution is 0.113. The van der Waals surface area contributed by atoms with Crippen molar-refractivity contribution in [1.29, 1.82) is 0 Å². The Kier molecular flexibility index (Phi) is 6.08. The van der Waals surface area contributed by atoms with Crippen molar-refractivity contribution in [3.8, 4) is 0 Å². The molecule has 1 rings (SSSR count). The second kappa shape index (κ2) is 7.09. The highest BCUT2D eigenvalue weighted by Gasteiger charge is 2.08. The van der Waals surface area contributed by atoms with Gasteiger partial charge in [-0.25, -0.2) is 4.98 Å². The number of nitrogens with zero attached hydrogens (tertiary/aromatic N) is 1. The van der Waals surface area contributed by atoms with Gasteiger partial charge in [0.15, 0.2) is 0 Å². The summed E-state index contributed by atoms with van der Waals surface area (Å²) in [6.07, 6.45) is 1.16. The Labute approximate surface area is 113 Å². The van der Waals surface area contributed by atoms with Gasteiger partial charge in [-0.3, -0.25) is 0 Å².